The Morgan fingerprint density at radius 2 is 2.00 bits per heavy atom. The average Bonchev–Trinajstić information content (AvgIpc) is 3.18. The van der Waals surface area contributed by atoms with Crippen molar-refractivity contribution in [3.8, 4) is 11.5 Å². The number of rotatable bonds is 5. The summed E-state index contributed by atoms with van der Waals surface area (Å²) in [7, 11) is 5.07. The van der Waals surface area contributed by atoms with E-state index in [0.29, 0.717) is 12.6 Å². The van der Waals surface area contributed by atoms with Crippen LogP contribution in [0, 0.1) is 5.92 Å². The molecule has 1 saturated carbocycles. The number of hydrogen-bond donors (Lipinski definition) is 2. The van der Waals surface area contributed by atoms with Crippen LogP contribution in [0.4, 0.5) is 0 Å². The van der Waals surface area contributed by atoms with Crippen molar-refractivity contribution in [3.05, 3.63) is 23.8 Å². The minimum Gasteiger partial charge on any atom is -0.493 e. The molecule has 2 atom stereocenters. The Kier molecular flexibility index (Phi) is 4.71. The van der Waals surface area contributed by atoms with Gasteiger partial charge in [-0.1, -0.05) is 13.0 Å². The average molecular weight is 277 g/mol. The normalized spacial score (nSPS) is 21.3. The van der Waals surface area contributed by atoms with E-state index in [4.69, 9.17) is 9.47 Å². The summed E-state index contributed by atoms with van der Waals surface area (Å²) in [6.45, 7) is 2.93. The van der Waals surface area contributed by atoms with Gasteiger partial charge in [0.1, 0.15) is 0 Å². The number of methoxy groups -OCH3 is 2. The Bertz CT molecular complexity index is 488. The molecule has 1 aromatic carbocycles. The molecule has 5 nitrogen and oxygen atoms in total. The smallest absolute Gasteiger partial charge is 0.191 e. The number of nitrogens with one attached hydrogen (secondary N) is 2. The van der Waals surface area contributed by atoms with Gasteiger partial charge >= 0.3 is 0 Å². The van der Waals surface area contributed by atoms with Crippen LogP contribution in [0.25, 0.3) is 0 Å². The number of ether oxygens (including phenoxy) is 2. The first-order valence-electron chi connectivity index (χ1n) is 6.86. The first-order valence-corrected chi connectivity index (χ1v) is 6.86. The molecule has 2 unspecified atom stereocenters. The topological polar surface area (TPSA) is 54.9 Å². The quantitative estimate of drug-likeness (QED) is 0.636. The molecule has 1 aliphatic carbocycles. The zero-order chi connectivity index (χ0) is 14.5. The lowest BCUT2D eigenvalue weighted by Gasteiger charge is -2.13. The molecule has 0 radical (unpaired) electrons. The summed E-state index contributed by atoms with van der Waals surface area (Å²) in [5, 5.41) is 6.70. The Morgan fingerprint density at radius 1 is 1.30 bits per heavy atom. The third-order valence-electron chi connectivity index (χ3n) is 3.56. The summed E-state index contributed by atoms with van der Waals surface area (Å²) in [6.07, 6.45) is 1.22. The lowest BCUT2D eigenvalue weighted by Crippen LogP contribution is -2.38. The molecule has 20 heavy (non-hydrogen) atoms. The van der Waals surface area contributed by atoms with E-state index in [2.05, 4.69) is 22.5 Å². The van der Waals surface area contributed by atoms with Gasteiger partial charge in [0.2, 0.25) is 0 Å². The summed E-state index contributed by atoms with van der Waals surface area (Å²) in [6, 6.07) is 6.46. The molecular formula is C15H23N3O2. The minimum atomic E-state index is 0.562. The Labute approximate surface area is 120 Å². The van der Waals surface area contributed by atoms with E-state index in [9.17, 15) is 0 Å². The summed E-state index contributed by atoms with van der Waals surface area (Å²) in [4.78, 5) is 4.23. The lowest BCUT2D eigenvalue weighted by atomic mass is 10.2. The van der Waals surface area contributed by atoms with E-state index >= 15 is 0 Å². The molecule has 110 valence electrons. The second-order valence-electron chi connectivity index (χ2n) is 5.08. The van der Waals surface area contributed by atoms with E-state index in [1.54, 1.807) is 21.3 Å². The van der Waals surface area contributed by atoms with E-state index in [1.165, 1.54) is 6.42 Å². The summed E-state index contributed by atoms with van der Waals surface area (Å²) in [5.74, 6) is 3.07. The van der Waals surface area contributed by atoms with Crippen LogP contribution in [0.5, 0.6) is 11.5 Å². The molecule has 1 aromatic rings. The highest BCUT2D eigenvalue weighted by Gasteiger charge is 2.33. The maximum Gasteiger partial charge on any atom is 0.191 e. The fraction of sp³-hybridized carbons (Fsp3) is 0.533. The lowest BCUT2D eigenvalue weighted by molar-refractivity contribution is 0.354. The van der Waals surface area contributed by atoms with Crippen LogP contribution in [0.15, 0.2) is 23.2 Å². The predicted molar refractivity (Wildman–Crippen MR) is 80.4 cm³/mol. The summed E-state index contributed by atoms with van der Waals surface area (Å²) in [5.41, 5.74) is 1.12. The maximum atomic E-state index is 5.30. The highest BCUT2D eigenvalue weighted by molar-refractivity contribution is 5.80. The van der Waals surface area contributed by atoms with Crippen molar-refractivity contribution < 1.29 is 9.47 Å². The summed E-state index contributed by atoms with van der Waals surface area (Å²) >= 11 is 0. The molecule has 0 amide bonds. The zero-order valence-electron chi connectivity index (χ0n) is 12.6. The molecule has 0 saturated heterocycles. The number of guanidine groups is 1. The predicted octanol–water partition coefficient (Wildman–Crippen LogP) is 1.78. The Balaban J connectivity index is 1.92. The molecule has 2 N–H and O–H groups in total. The van der Waals surface area contributed by atoms with Gasteiger partial charge in [0, 0.05) is 19.6 Å². The Morgan fingerprint density at radius 3 is 2.55 bits per heavy atom. The SMILES string of the molecule is CN=C(NCc1ccc(OC)c(OC)c1)NC1CC1C. The van der Waals surface area contributed by atoms with Crippen molar-refractivity contribution in [2.75, 3.05) is 21.3 Å². The minimum absolute atomic E-state index is 0.562. The second-order valence-corrected chi connectivity index (χ2v) is 5.08. The van der Waals surface area contributed by atoms with Gasteiger partial charge in [0.25, 0.3) is 0 Å². The zero-order valence-corrected chi connectivity index (χ0v) is 12.6. The van der Waals surface area contributed by atoms with Crippen LogP contribution in [-0.2, 0) is 6.54 Å². The van der Waals surface area contributed by atoms with Gasteiger partial charge in [-0.25, -0.2) is 0 Å². The largest absolute Gasteiger partial charge is 0.493 e. The third kappa shape index (κ3) is 3.56. The number of aliphatic imine (C=N–C) groups is 1. The van der Waals surface area contributed by atoms with Gasteiger partial charge in [0.05, 0.1) is 14.2 Å². The van der Waals surface area contributed by atoms with Gasteiger partial charge in [-0.3, -0.25) is 4.99 Å². The number of hydrogen-bond acceptors (Lipinski definition) is 3. The standard InChI is InChI=1S/C15H23N3O2/c1-10-7-12(10)18-15(16-2)17-9-11-5-6-13(19-3)14(8-11)20-4/h5-6,8,10,12H,7,9H2,1-4H3,(H2,16,17,18). The molecule has 0 heterocycles. The van der Waals surface area contributed by atoms with E-state index in [-0.39, 0.29) is 0 Å². The van der Waals surface area contributed by atoms with Gasteiger partial charge in [-0.15, -0.1) is 0 Å². The third-order valence-corrected chi connectivity index (χ3v) is 3.56. The summed E-state index contributed by atoms with van der Waals surface area (Å²) < 4.78 is 10.5. The van der Waals surface area contributed by atoms with Crippen LogP contribution in [0.2, 0.25) is 0 Å². The molecule has 0 aromatic heterocycles. The second kappa shape index (κ2) is 6.50. The van der Waals surface area contributed by atoms with Crippen LogP contribution in [0.3, 0.4) is 0 Å². The van der Waals surface area contributed by atoms with Gasteiger partial charge in [-0.2, -0.15) is 0 Å². The van der Waals surface area contributed by atoms with Gasteiger partial charge in [-0.05, 0) is 30.0 Å². The van der Waals surface area contributed by atoms with E-state index in [1.807, 2.05) is 18.2 Å². The van der Waals surface area contributed by atoms with Gasteiger partial charge < -0.3 is 20.1 Å². The van der Waals surface area contributed by atoms with E-state index < -0.39 is 0 Å². The molecule has 1 aliphatic rings. The van der Waals surface area contributed by atoms with Crippen LogP contribution in [0.1, 0.15) is 18.9 Å². The molecule has 5 heteroatoms. The molecule has 0 spiro atoms. The highest BCUT2D eigenvalue weighted by Crippen LogP contribution is 2.29. The van der Waals surface area contributed by atoms with Crippen LogP contribution < -0.4 is 20.1 Å². The highest BCUT2D eigenvalue weighted by atomic mass is 16.5. The molecular weight excluding hydrogens is 254 g/mol. The molecule has 1 fully saturated rings. The molecule has 0 aliphatic heterocycles. The van der Waals surface area contributed by atoms with Crippen LogP contribution in [-0.4, -0.2) is 33.3 Å². The number of nitrogens with zero attached hydrogens (tertiary/aromatic N) is 1. The van der Waals surface area contributed by atoms with E-state index in [0.717, 1.165) is 28.9 Å². The first-order chi connectivity index (χ1) is 9.67. The fourth-order valence-electron chi connectivity index (χ4n) is 2.07. The number of benzene rings is 1. The monoisotopic (exact) mass is 277 g/mol. The van der Waals surface area contributed by atoms with Crippen molar-refractivity contribution >= 4 is 5.96 Å². The molecule has 0 bridgehead atoms. The first kappa shape index (κ1) is 14.5. The fourth-order valence-corrected chi connectivity index (χ4v) is 2.07. The van der Waals surface area contributed by atoms with Gasteiger partial charge in [0.15, 0.2) is 17.5 Å². The van der Waals surface area contributed by atoms with Crippen molar-refractivity contribution in [2.45, 2.75) is 25.9 Å². The van der Waals surface area contributed by atoms with Crippen molar-refractivity contribution in [2.24, 2.45) is 10.9 Å². The van der Waals surface area contributed by atoms with Crippen molar-refractivity contribution in [1.29, 1.82) is 0 Å². The maximum absolute atomic E-state index is 5.30. The molecule has 2 rings (SSSR count). The van der Waals surface area contributed by atoms with Crippen molar-refractivity contribution in [3.63, 3.8) is 0 Å². The Hall–Kier alpha value is -1.91. The van der Waals surface area contributed by atoms with Crippen molar-refractivity contribution in [1.82, 2.24) is 10.6 Å². The van der Waals surface area contributed by atoms with Crippen LogP contribution >= 0.6 is 0 Å².